The first-order chi connectivity index (χ1) is 7.38. The molecule has 0 amide bonds. The standard InChI is InChI=1S/C13H18N2/c1-2-4-11-6-8-12(9-7-11)15-13-5-3-10-14-13/h6-9H,2-5,10H2,1H3,(H,14,15). The van der Waals surface area contributed by atoms with E-state index in [0.29, 0.717) is 0 Å². The molecule has 2 heteroatoms. The van der Waals surface area contributed by atoms with Crippen LogP contribution in [0.25, 0.3) is 0 Å². The number of nitrogens with one attached hydrogen (secondary N) is 1. The van der Waals surface area contributed by atoms with Crippen LogP contribution in [0.3, 0.4) is 0 Å². The molecule has 0 aromatic heterocycles. The average Bonchev–Trinajstić information content (AvgIpc) is 2.74. The lowest BCUT2D eigenvalue weighted by Gasteiger charge is -2.06. The Morgan fingerprint density at radius 2 is 2.07 bits per heavy atom. The molecule has 0 atom stereocenters. The van der Waals surface area contributed by atoms with E-state index in [2.05, 4.69) is 41.5 Å². The third-order valence-corrected chi connectivity index (χ3v) is 2.66. The van der Waals surface area contributed by atoms with E-state index in [0.717, 1.165) is 24.5 Å². The Kier molecular flexibility index (Phi) is 3.38. The van der Waals surface area contributed by atoms with Crippen LogP contribution in [0, 0.1) is 0 Å². The van der Waals surface area contributed by atoms with Crippen molar-refractivity contribution in [2.75, 3.05) is 11.9 Å². The van der Waals surface area contributed by atoms with E-state index >= 15 is 0 Å². The predicted octanol–water partition coefficient (Wildman–Crippen LogP) is 3.24. The summed E-state index contributed by atoms with van der Waals surface area (Å²) in [6.07, 6.45) is 4.66. The molecule has 2 nitrogen and oxygen atoms in total. The van der Waals surface area contributed by atoms with Gasteiger partial charge in [0.05, 0.1) is 0 Å². The van der Waals surface area contributed by atoms with Crippen molar-refractivity contribution in [3.8, 4) is 0 Å². The second-order valence-electron chi connectivity index (χ2n) is 4.00. The Hall–Kier alpha value is -1.31. The van der Waals surface area contributed by atoms with Crippen LogP contribution in [0.15, 0.2) is 29.3 Å². The third kappa shape index (κ3) is 2.82. The number of aryl methyl sites for hydroxylation is 1. The first-order valence-corrected chi connectivity index (χ1v) is 5.78. The first kappa shape index (κ1) is 10.2. The van der Waals surface area contributed by atoms with Gasteiger partial charge in [0.15, 0.2) is 0 Å². The molecule has 1 aliphatic heterocycles. The third-order valence-electron chi connectivity index (χ3n) is 2.66. The van der Waals surface area contributed by atoms with Crippen molar-refractivity contribution >= 4 is 11.5 Å². The molecule has 1 heterocycles. The number of aliphatic imine (C=N–C) groups is 1. The first-order valence-electron chi connectivity index (χ1n) is 5.78. The molecule has 1 aromatic rings. The van der Waals surface area contributed by atoms with Gasteiger partial charge in [0.1, 0.15) is 5.84 Å². The maximum absolute atomic E-state index is 4.40. The molecule has 0 fully saturated rings. The highest BCUT2D eigenvalue weighted by Crippen LogP contribution is 2.13. The van der Waals surface area contributed by atoms with E-state index in [-0.39, 0.29) is 0 Å². The van der Waals surface area contributed by atoms with Crippen molar-refractivity contribution in [3.63, 3.8) is 0 Å². The second kappa shape index (κ2) is 4.96. The molecule has 0 unspecified atom stereocenters. The summed E-state index contributed by atoms with van der Waals surface area (Å²) in [7, 11) is 0. The van der Waals surface area contributed by atoms with Gasteiger partial charge in [-0.25, -0.2) is 0 Å². The Morgan fingerprint density at radius 1 is 1.27 bits per heavy atom. The lowest BCUT2D eigenvalue weighted by atomic mass is 10.1. The quantitative estimate of drug-likeness (QED) is 0.799. The Bertz CT molecular complexity index is 338. The van der Waals surface area contributed by atoms with Crippen LogP contribution >= 0.6 is 0 Å². The van der Waals surface area contributed by atoms with Crippen LogP contribution in [-0.4, -0.2) is 12.4 Å². The van der Waals surface area contributed by atoms with Gasteiger partial charge in [-0.15, -0.1) is 0 Å². The van der Waals surface area contributed by atoms with Gasteiger partial charge in [-0.2, -0.15) is 0 Å². The molecule has 15 heavy (non-hydrogen) atoms. The van der Waals surface area contributed by atoms with E-state index in [1.807, 2.05) is 0 Å². The Morgan fingerprint density at radius 3 is 2.67 bits per heavy atom. The molecule has 0 bridgehead atoms. The van der Waals surface area contributed by atoms with Crippen LogP contribution in [0.1, 0.15) is 31.7 Å². The summed E-state index contributed by atoms with van der Waals surface area (Å²) in [6.45, 7) is 3.19. The summed E-state index contributed by atoms with van der Waals surface area (Å²) in [5.74, 6) is 1.14. The number of hydrogen-bond acceptors (Lipinski definition) is 2. The van der Waals surface area contributed by atoms with E-state index in [4.69, 9.17) is 0 Å². The van der Waals surface area contributed by atoms with Crippen molar-refractivity contribution < 1.29 is 0 Å². The summed E-state index contributed by atoms with van der Waals surface area (Å²) in [5, 5.41) is 3.36. The minimum atomic E-state index is 0.982. The zero-order chi connectivity index (χ0) is 10.5. The van der Waals surface area contributed by atoms with Gasteiger partial charge in [0.2, 0.25) is 0 Å². The summed E-state index contributed by atoms with van der Waals surface area (Å²) in [4.78, 5) is 4.40. The largest absolute Gasteiger partial charge is 0.344 e. The zero-order valence-electron chi connectivity index (χ0n) is 9.29. The van der Waals surface area contributed by atoms with Crippen molar-refractivity contribution in [2.45, 2.75) is 32.6 Å². The Balaban J connectivity index is 1.97. The SMILES string of the molecule is CCCc1ccc(NC2=NCCC2)cc1. The van der Waals surface area contributed by atoms with Gasteiger partial charge in [-0.1, -0.05) is 25.5 Å². The summed E-state index contributed by atoms with van der Waals surface area (Å²) >= 11 is 0. The molecule has 0 saturated carbocycles. The zero-order valence-corrected chi connectivity index (χ0v) is 9.29. The predicted molar refractivity (Wildman–Crippen MR) is 65.6 cm³/mol. The second-order valence-corrected chi connectivity index (χ2v) is 4.00. The van der Waals surface area contributed by atoms with E-state index in [9.17, 15) is 0 Å². The fourth-order valence-electron chi connectivity index (χ4n) is 1.85. The van der Waals surface area contributed by atoms with Gasteiger partial charge in [0.25, 0.3) is 0 Å². The van der Waals surface area contributed by atoms with Crippen molar-refractivity contribution in [2.24, 2.45) is 4.99 Å². The van der Waals surface area contributed by atoms with E-state index < -0.39 is 0 Å². The van der Waals surface area contributed by atoms with Gasteiger partial charge >= 0.3 is 0 Å². The summed E-state index contributed by atoms with van der Waals surface area (Å²) < 4.78 is 0. The van der Waals surface area contributed by atoms with Crippen molar-refractivity contribution in [1.82, 2.24) is 0 Å². The fourth-order valence-corrected chi connectivity index (χ4v) is 1.85. The Labute approximate surface area is 91.4 Å². The molecular formula is C13H18N2. The van der Waals surface area contributed by atoms with E-state index in [1.165, 1.54) is 24.8 Å². The van der Waals surface area contributed by atoms with Gasteiger partial charge < -0.3 is 5.32 Å². The van der Waals surface area contributed by atoms with E-state index in [1.54, 1.807) is 0 Å². The minimum Gasteiger partial charge on any atom is -0.344 e. The van der Waals surface area contributed by atoms with Crippen molar-refractivity contribution in [3.05, 3.63) is 29.8 Å². The average molecular weight is 202 g/mol. The van der Waals surface area contributed by atoms with Crippen LogP contribution in [0.5, 0.6) is 0 Å². The van der Waals surface area contributed by atoms with Crippen LogP contribution in [0.4, 0.5) is 5.69 Å². The number of nitrogens with zero attached hydrogens (tertiary/aromatic N) is 1. The summed E-state index contributed by atoms with van der Waals surface area (Å²) in [5.41, 5.74) is 2.58. The lowest BCUT2D eigenvalue weighted by molar-refractivity contribution is 0.922. The number of rotatable bonds is 3. The maximum atomic E-state index is 4.40. The van der Waals surface area contributed by atoms with Gasteiger partial charge in [-0.3, -0.25) is 4.99 Å². The van der Waals surface area contributed by atoms with Crippen molar-refractivity contribution in [1.29, 1.82) is 0 Å². The smallest absolute Gasteiger partial charge is 0.101 e. The van der Waals surface area contributed by atoms with Crippen LogP contribution in [-0.2, 0) is 6.42 Å². The lowest BCUT2D eigenvalue weighted by Crippen LogP contribution is -2.07. The fraction of sp³-hybridized carbons (Fsp3) is 0.462. The maximum Gasteiger partial charge on any atom is 0.101 e. The minimum absolute atomic E-state index is 0.982. The number of hydrogen-bond donors (Lipinski definition) is 1. The molecule has 1 aromatic carbocycles. The number of anilines is 1. The van der Waals surface area contributed by atoms with Crippen LogP contribution in [0.2, 0.25) is 0 Å². The van der Waals surface area contributed by atoms with Gasteiger partial charge in [-0.05, 0) is 30.5 Å². The number of benzene rings is 1. The highest BCUT2D eigenvalue weighted by Gasteiger charge is 2.05. The molecule has 0 radical (unpaired) electrons. The molecule has 1 aliphatic rings. The molecule has 80 valence electrons. The highest BCUT2D eigenvalue weighted by atomic mass is 15.0. The molecule has 2 rings (SSSR count). The normalized spacial score (nSPS) is 15.1. The molecule has 0 spiro atoms. The summed E-state index contributed by atoms with van der Waals surface area (Å²) in [6, 6.07) is 8.68. The number of amidine groups is 1. The highest BCUT2D eigenvalue weighted by molar-refractivity contribution is 5.96. The molecule has 1 N–H and O–H groups in total. The monoisotopic (exact) mass is 202 g/mol. The van der Waals surface area contributed by atoms with Crippen LogP contribution < -0.4 is 5.32 Å². The molecule has 0 saturated heterocycles. The molecular weight excluding hydrogens is 184 g/mol. The topological polar surface area (TPSA) is 24.4 Å². The van der Waals surface area contributed by atoms with Gasteiger partial charge in [0, 0.05) is 18.7 Å². The molecule has 0 aliphatic carbocycles.